The molecule has 4 rings (SSSR count). The van der Waals surface area contributed by atoms with Crippen LogP contribution in [0.15, 0.2) is 82.2 Å². The van der Waals surface area contributed by atoms with Gasteiger partial charge >= 0.3 is 0 Å². The van der Waals surface area contributed by atoms with Gasteiger partial charge in [0.15, 0.2) is 0 Å². The van der Waals surface area contributed by atoms with Crippen LogP contribution >= 0.6 is 11.6 Å². The topological polar surface area (TPSA) is 92.4 Å². The van der Waals surface area contributed by atoms with Crippen LogP contribution in [0.3, 0.4) is 0 Å². The third-order valence-electron chi connectivity index (χ3n) is 4.93. The summed E-state index contributed by atoms with van der Waals surface area (Å²) >= 11 is 6.04. The number of aryl methyl sites for hydroxylation is 1. The number of halogens is 1. The van der Waals surface area contributed by atoms with Gasteiger partial charge in [0.05, 0.1) is 4.92 Å². The zero-order valence-electron chi connectivity index (χ0n) is 16.9. The van der Waals surface area contributed by atoms with Crippen LogP contribution in [0.4, 0.5) is 11.6 Å². The molecule has 0 bridgehead atoms. The van der Waals surface area contributed by atoms with Crippen LogP contribution in [-0.2, 0) is 0 Å². The second-order valence-electron chi connectivity index (χ2n) is 7.03. The first-order valence-electron chi connectivity index (χ1n) is 9.65. The Morgan fingerprint density at radius 1 is 1.06 bits per heavy atom. The molecule has 4 aromatic rings. The van der Waals surface area contributed by atoms with Crippen LogP contribution in [0.5, 0.6) is 0 Å². The largest absolute Gasteiger partial charge is 0.436 e. The number of nitriles is 1. The standard InChI is InChI=1S/C25H16ClN3O3/c1-16-7-8-17(13-22(16)29(30)31)15-28-25-21(14-27)23(18-9-11-20(26)12-10-18)24(32-25)19-5-3-2-4-6-19/h2-13,15H,1H3. The maximum atomic E-state index is 11.2. The molecule has 0 aliphatic carbocycles. The predicted octanol–water partition coefficient (Wildman–Crippen LogP) is 7.11. The summed E-state index contributed by atoms with van der Waals surface area (Å²) in [5.74, 6) is 0.631. The smallest absolute Gasteiger partial charge is 0.272 e. The molecule has 0 fully saturated rings. The molecule has 0 saturated heterocycles. The van der Waals surface area contributed by atoms with Gasteiger partial charge in [-0.05, 0) is 30.2 Å². The fourth-order valence-corrected chi connectivity index (χ4v) is 3.46. The minimum atomic E-state index is -0.438. The van der Waals surface area contributed by atoms with Crippen molar-refractivity contribution >= 4 is 29.4 Å². The zero-order chi connectivity index (χ0) is 22.7. The summed E-state index contributed by atoms with van der Waals surface area (Å²) < 4.78 is 6.04. The van der Waals surface area contributed by atoms with Crippen molar-refractivity contribution in [2.24, 2.45) is 4.99 Å². The molecule has 0 aliphatic rings. The maximum absolute atomic E-state index is 11.2. The number of furan rings is 1. The maximum Gasteiger partial charge on any atom is 0.272 e. The average molecular weight is 442 g/mol. The highest BCUT2D eigenvalue weighted by Gasteiger charge is 2.22. The van der Waals surface area contributed by atoms with Crippen LogP contribution in [0.25, 0.3) is 22.5 Å². The number of hydrogen-bond donors (Lipinski definition) is 0. The van der Waals surface area contributed by atoms with Gasteiger partial charge in [0.25, 0.3) is 5.69 Å². The monoisotopic (exact) mass is 441 g/mol. The third kappa shape index (κ3) is 4.15. The fourth-order valence-electron chi connectivity index (χ4n) is 3.34. The van der Waals surface area contributed by atoms with E-state index in [-0.39, 0.29) is 17.1 Å². The summed E-state index contributed by atoms with van der Waals surface area (Å²) in [6, 6.07) is 23.5. The highest BCUT2D eigenvalue weighted by molar-refractivity contribution is 6.30. The van der Waals surface area contributed by atoms with Gasteiger partial charge in [0.1, 0.15) is 17.4 Å². The van der Waals surface area contributed by atoms with Crippen molar-refractivity contribution in [1.82, 2.24) is 0 Å². The summed E-state index contributed by atoms with van der Waals surface area (Å²) in [6.07, 6.45) is 1.45. The Balaban J connectivity index is 1.86. The van der Waals surface area contributed by atoms with Crippen LogP contribution in [0.1, 0.15) is 16.7 Å². The number of nitro benzene ring substituents is 1. The number of nitro groups is 1. The molecular weight excluding hydrogens is 426 g/mol. The fraction of sp³-hybridized carbons (Fsp3) is 0.0400. The Bertz CT molecular complexity index is 1370. The minimum Gasteiger partial charge on any atom is -0.436 e. The molecule has 0 radical (unpaired) electrons. The van der Waals surface area contributed by atoms with Crippen molar-refractivity contribution in [2.45, 2.75) is 6.92 Å². The van der Waals surface area contributed by atoms with Gasteiger partial charge in [0, 0.05) is 34.0 Å². The van der Waals surface area contributed by atoms with Crippen molar-refractivity contribution < 1.29 is 9.34 Å². The molecule has 0 atom stereocenters. The molecule has 0 spiro atoms. The summed E-state index contributed by atoms with van der Waals surface area (Å²) in [7, 11) is 0. The predicted molar refractivity (Wildman–Crippen MR) is 124 cm³/mol. The van der Waals surface area contributed by atoms with Crippen molar-refractivity contribution in [3.8, 4) is 28.5 Å². The summed E-state index contributed by atoms with van der Waals surface area (Å²) in [5, 5.41) is 21.7. The Kier molecular flexibility index (Phi) is 5.84. The average Bonchev–Trinajstić information content (AvgIpc) is 3.18. The quantitative estimate of drug-likeness (QED) is 0.187. The van der Waals surface area contributed by atoms with E-state index >= 15 is 0 Å². The van der Waals surface area contributed by atoms with Crippen molar-refractivity contribution in [2.75, 3.05) is 0 Å². The number of hydrogen-bond acceptors (Lipinski definition) is 5. The van der Waals surface area contributed by atoms with Gasteiger partial charge in [-0.25, -0.2) is 4.99 Å². The zero-order valence-corrected chi connectivity index (χ0v) is 17.7. The lowest BCUT2D eigenvalue weighted by molar-refractivity contribution is -0.385. The van der Waals surface area contributed by atoms with Gasteiger partial charge < -0.3 is 4.42 Å². The van der Waals surface area contributed by atoms with E-state index < -0.39 is 4.92 Å². The Hall–Kier alpha value is -4.21. The third-order valence-corrected chi connectivity index (χ3v) is 5.18. The molecule has 0 N–H and O–H groups in total. The molecule has 1 aromatic heterocycles. The van der Waals surface area contributed by atoms with E-state index in [9.17, 15) is 15.4 Å². The van der Waals surface area contributed by atoms with E-state index in [1.165, 1.54) is 12.3 Å². The van der Waals surface area contributed by atoms with Crippen LogP contribution < -0.4 is 0 Å². The molecule has 0 amide bonds. The SMILES string of the molecule is Cc1ccc(C=Nc2oc(-c3ccccc3)c(-c3ccc(Cl)cc3)c2C#N)cc1[N+](=O)[O-]. The van der Waals surface area contributed by atoms with Crippen LogP contribution in [0, 0.1) is 28.4 Å². The Labute approximate surface area is 189 Å². The molecule has 0 saturated carbocycles. The highest BCUT2D eigenvalue weighted by Crippen LogP contribution is 2.42. The minimum absolute atomic E-state index is 0.000675. The van der Waals surface area contributed by atoms with Gasteiger partial charge in [0.2, 0.25) is 5.88 Å². The Morgan fingerprint density at radius 3 is 2.44 bits per heavy atom. The van der Waals surface area contributed by atoms with Crippen molar-refractivity contribution in [3.63, 3.8) is 0 Å². The lowest BCUT2D eigenvalue weighted by atomic mass is 9.98. The summed E-state index contributed by atoms with van der Waals surface area (Å²) in [6.45, 7) is 1.67. The van der Waals surface area contributed by atoms with Crippen molar-refractivity contribution in [1.29, 1.82) is 5.26 Å². The number of benzene rings is 3. The number of aliphatic imine (C=N–C) groups is 1. The van der Waals surface area contributed by atoms with E-state index in [0.29, 0.717) is 27.5 Å². The Morgan fingerprint density at radius 2 is 1.78 bits per heavy atom. The number of nitrogens with zero attached hydrogens (tertiary/aromatic N) is 3. The molecular formula is C25H16ClN3O3. The first-order chi connectivity index (χ1) is 15.5. The normalized spacial score (nSPS) is 10.9. The molecule has 1 heterocycles. The number of rotatable bonds is 5. The van der Waals surface area contributed by atoms with Gasteiger partial charge in [-0.2, -0.15) is 5.26 Å². The highest BCUT2D eigenvalue weighted by atomic mass is 35.5. The van der Waals surface area contributed by atoms with E-state index in [1.807, 2.05) is 42.5 Å². The van der Waals surface area contributed by atoms with E-state index in [1.54, 1.807) is 31.2 Å². The molecule has 0 aliphatic heterocycles. The van der Waals surface area contributed by atoms with Gasteiger partial charge in [-0.3, -0.25) is 10.1 Å². The molecule has 3 aromatic carbocycles. The van der Waals surface area contributed by atoms with Crippen LogP contribution in [0.2, 0.25) is 5.02 Å². The lowest BCUT2D eigenvalue weighted by Gasteiger charge is -2.03. The van der Waals surface area contributed by atoms with Crippen LogP contribution in [-0.4, -0.2) is 11.1 Å². The van der Waals surface area contributed by atoms with Gasteiger partial charge in [-0.15, -0.1) is 0 Å². The first-order valence-corrected chi connectivity index (χ1v) is 10.0. The first kappa shape index (κ1) is 21.0. The van der Waals surface area contributed by atoms with Gasteiger partial charge in [-0.1, -0.05) is 66.2 Å². The van der Waals surface area contributed by atoms with E-state index in [2.05, 4.69) is 11.1 Å². The molecule has 32 heavy (non-hydrogen) atoms. The molecule has 156 valence electrons. The summed E-state index contributed by atoms with van der Waals surface area (Å²) in [5.41, 5.74) is 3.51. The lowest BCUT2D eigenvalue weighted by Crippen LogP contribution is -1.93. The molecule has 0 unspecified atom stereocenters. The second kappa shape index (κ2) is 8.88. The van der Waals surface area contributed by atoms with E-state index in [0.717, 1.165) is 11.1 Å². The molecule has 6 nitrogen and oxygen atoms in total. The summed E-state index contributed by atoms with van der Waals surface area (Å²) in [4.78, 5) is 15.2. The van der Waals surface area contributed by atoms with E-state index in [4.69, 9.17) is 16.0 Å². The molecule has 7 heteroatoms. The second-order valence-corrected chi connectivity index (χ2v) is 7.47. The van der Waals surface area contributed by atoms with Crippen molar-refractivity contribution in [3.05, 3.63) is 105 Å².